The first-order valence-corrected chi connectivity index (χ1v) is 6.94. The third-order valence-corrected chi connectivity index (χ3v) is 4.13. The van der Waals surface area contributed by atoms with Crippen molar-refractivity contribution >= 4 is 0 Å². The summed E-state index contributed by atoms with van der Waals surface area (Å²) >= 11 is 0. The maximum absolute atomic E-state index is 9.80. The molecule has 0 aliphatic carbocycles. The minimum absolute atomic E-state index is 0.524. The molecule has 102 valence electrons. The number of benzene rings is 1. The molecule has 2 rings (SSSR count). The zero-order chi connectivity index (χ0) is 14.0. The van der Waals surface area contributed by atoms with Gasteiger partial charge in [0.15, 0.2) is 0 Å². The number of nitrogens with one attached hydrogen (secondary N) is 1. The molecule has 0 bridgehead atoms. The minimum atomic E-state index is -0.524. The second-order valence-corrected chi connectivity index (χ2v) is 5.69. The quantitative estimate of drug-likeness (QED) is 0.883. The van der Waals surface area contributed by atoms with E-state index >= 15 is 0 Å². The molecule has 1 saturated heterocycles. The van der Waals surface area contributed by atoms with Gasteiger partial charge in [-0.2, -0.15) is 5.26 Å². The van der Waals surface area contributed by atoms with Crippen molar-refractivity contribution in [1.29, 1.82) is 5.26 Å². The van der Waals surface area contributed by atoms with Gasteiger partial charge < -0.3 is 5.32 Å². The number of piperazine rings is 1. The highest BCUT2D eigenvalue weighted by molar-refractivity contribution is 5.45. The van der Waals surface area contributed by atoms with Crippen LogP contribution in [0.3, 0.4) is 0 Å². The van der Waals surface area contributed by atoms with Crippen molar-refractivity contribution in [3.05, 3.63) is 34.4 Å². The predicted molar refractivity (Wildman–Crippen MR) is 78.1 cm³/mol. The fourth-order valence-electron chi connectivity index (χ4n) is 3.34. The maximum atomic E-state index is 9.80. The van der Waals surface area contributed by atoms with Gasteiger partial charge in [0.2, 0.25) is 0 Å². The van der Waals surface area contributed by atoms with Crippen LogP contribution in [-0.4, -0.2) is 31.1 Å². The minimum Gasteiger partial charge on any atom is -0.314 e. The van der Waals surface area contributed by atoms with Gasteiger partial charge in [0, 0.05) is 26.2 Å². The Morgan fingerprint density at radius 3 is 2.16 bits per heavy atom. The first kappa shape index (κ1) is 14.0. The van der Waals surface area contributed by atoms with Crippen LogP contribution in [0, 0.1) is 32.1 Å². The van der Waals surface area contributed by atoms with E-state index in [1.807, 2.05) is 0 Å². The van der Waals surface area contributed by atoms with Crippen molar-refractivity contribution in [2.75, 3.05) is 26.2 Å². The summed E-state index contributed by atoms with van der Waals surface area (Å²) in [6.45, 7) is 12.2. The van der Waals surface area contributed by atoms with Crippen LogP contribution >= 0.6 is 0 Å². The van der Waals surface area contributed by atoms with Crippen LogP contribution in [0.15, 0.2) is 12.1 Å². The summed E-state index contributed by atoms with van der Waals surface area (Å²) < 4.78 is 0. The van der Waals surface area contributed by atoms with E-state index in [0.717, 1.165) is 26.2 Å². The van der Waals surface area contributed by atoms with E-state index < -0.39 is 5.54 Å². The molecule has 0 aromatic heterocycles. The van der Waals surface area contributed by atoms with Gasteiger partial charge in [-0.1, -0.05) is 17.7 Å². The largest absolute Gasteiger partial charge is 0.314 e. The molecule has 1 aliphatic rings. The molecule has 3 nitrogen and oxygen atoms in total. The average Bonchev–Trinajstić information content (AvgIpc) is 2.38. The van der Waals surface area contributed by atoms with Crippen molar-refractivity contribution < 1.29 is 0 Å². The van der Waals surface area contributed by atoms with Gasteiger partial charge in [-0.05, 0) is 44.4 Å². The SMILES string of the molecule is Cc1cc(C)c(C(C)(C#N)N2CCNCC2)c(C)c1. The molecular formula is C16H23N3. The third-order valence-electron chi connectivity index (χ3n) is 4.13. The van der Waals surface area contributed by atoms with Gasteiger partial charge in [-0.3, -0.25) is 4.90 Å². The summed E-state index contributed by atoms with van der Waals surface area (Å²) in [6.07, 6.45) is 0. The fraction of sp³-hybridized carbons (Fsp3) is 0.562. The smallest absolute Gasteiger partial charge is 0.132 e. The van der Waals surface area contributed by atoms with Crippen LogP contribution in [0.1, 0.15) is 29.2 Å². The summed E-state index contributed by atoms with van der Waals surface area (Å²) in [5, 5.41) is 13.1. The van der Waals surface area contributed by atoms with Crippen molar-refractivity contribution in [1.82, 2.24) is 10.2 Å². The lowest BCUT2D eigenvalue weighted by atomic mass is 9.83. The standard InChI is InChI=1S/C16H23N3/c1-12-9-13(2)15(14(3)10-12)16(4,11-17)19-7-5-18-6-8-19/h9-10,18H,5-8H2,1-4H3. The Hall–Kier alpha value is -1.37. The molecule has 0 saturated carbocycles. The van der Waals surface area contributed by atoms with E-state index in [-0.39, 0.29) is 0 Å². The first-order valence-electron chi connectivity index (χ1n) is 6.94. The van der Waals surface area contributed by atoms with Crippen LogP contribution in [0.2, 0.25) is 0 Å². The molecule has 1 atom stereocenters. The molecule has 0 radical (unpaired) electrons. The molecule has 19 heavy (non-hydrogen) atoms. The fourth-order valence-corrected chi connectivity index (χ4v) is 3.34. The van der Waals surface area contributed by atoms with Crippen LogP contribution in [0.5, 0.6) is 0 Å². The third kappa shape index (κ3) is 2.51. The highest BCUT2D eigenvalue weighted by atomic mass is 15.2. The molecule has 0 amide bonds. The van der Waals surface area contributed by atoms with Gasteiger partial charge in [0.1, 0.15) is 5.54 Å². The lowest BCUT2D eigenvalue weighted by molar-refractivity contribution is 0.131. The van der Waals surface area contributed by atoms with E-state index in [1.54, 1.807) is 0 Å². The molecule has 3 heteroatoms. The van der Waals surface area contributed by atoms with Crippen molar-refractivity contribution in [3.8, 4) is 6.07 Å². The second-order valence-electron chi connectivity index (χ2n) is 5.69. The Morgan fingerprint density at radius 1 is 1.16 bits per heavy atom. The molecule has 1 heterocycles. The van der Waals surface area contributed by atoms with Gasteiger partial charge >= 0.3 is 0 Å². The Bertz CT molecular complexity index is 486. The molecule has 1 N–H and O–H groups in total. The number of hydrogen-bond acceptors (Lipinski definition) is 3. The lowest BCUT2D eigenvalue weighted by Crippen LogP contribution is -2.53. The van der Waals surface area contributed by atoms with Gasteiger partial charge in [0.05, 0.1) is 6.07 Å². The summed E-state index contributed by atoms with van der Waals surface area (Å²) in [5.41, 5.74) is 4.37. The summed E-state index contributed by atoms with van der Waals surface area (Å²) in [7, 11) is 0. The van der Waals surface area contributed by atoms with Crippen LogP contribution in [0.4, 0.5) is 0 Å². The molecule has 1 aromatic rings. The van der Waals surface area contributed by atoms with Gasteiger partial charge in [-0.15, -0.1) is 0 Å². The number of rotatable bonds is 2. The van der Waals surface area contributed by atoms with Crippen LogP contribution in [-0.2, 0) is 5.54 Å². The van der Waals surface area contributed by atoms with Crippen molar-refractivity contribution in [3.63, 3.8) is 0 Å². The Morgan fingerprint density at radius 2 is 1.68 bits per heavy atom. The second kappa shape index (κ2) is 5.32. The zero-order valence-corrected chi connectivity index (χ0v) is 12.4. The number of nitrogens with zero attached hydrogens (tertiary/aromatic N) is 2. The lowest BCUT2D eigenvalue weighted by Gasteiger charge is -2.40. The molecule has 1 fully saturated rings. The van der Waals surface area contributed by atoms with Crippen molar-refractivity contribution in [2.45, 2.75) is 33.2 Å². The van der Waals surface area contributed by atoms with Gasteiger partial charge in [0.25, 0.3) is 0 Å². The molecule has 0 spiro atoms. The van der Waals surface area contributed by atoms with Gasteiger partial charge in [-0.25, -0.2) is 0 Å². The van der Waals surface area contributed by atoms with E-state index in [0.29, 0.717) is 0 Å². The molecule has 1 aliphatic heterocycles. The van der Waals surface area contributed by atoms with E-state index in [1.165, 1.54) is 22.3 Å². The van der Waals surface area contributed by atoms with E-state index in [2.05, 4.69) is 56.1 Å². The summed E-state index contributed by atoms with van der Waals surface area (Å²) in [6, 6.07) is 6.93. The van der Waals surface area contributed by atoms with Crippen LogP contribution in [0.25, 0.3) is 0 Å². The van der Waals surface area contributed by atoms with E-state index in [4.69, 9.17) is 0 Å². The number of aryl methyl sites for hydroxylation is 3. The average molecular weight is 257 g/mol. The monoisotopic (exact) mass is 257 g/mol. The normalized spacial score (nSPS) is 19.7. The first-order chi connectivity index (χ1) is 8.99. The molecule has 1 aromatic carbocycles. The Kier molecular flexibility index (Phi) is 3.93. The van der Waals surface area contributed by atoms with Crippen molar-refractivity contribution in [2.24, 2.45) is 0 Å². The zero-order valence-electron chi connectivity index (χ0n) is 12.4. The Labute approximate surface area is 116 Å². The molecule has 1 unspecified atom stereocenters. The number of hydrogen-bond donors (Lipinski definition) is 1. The topological polar surface area (TPSA) is 39.1 Å². The highest BCUT2D eigenvalue weighted by Crippen LogP contribution is 2.33. The summed E-state index contributed by atoms with van der Waals surface area (Å²) in [5.74, 6) is 0. The number of nitriles is 1. The summed E-state index contributed by atoms with van der Waals surface area (Å²) in [4.78, 5) is 2.30. The molecular weight excluding hydrogens is 234 g/mol. The van der Waals surface area contributed by atoms with Crippen LogP contribution < -0.4 is 5.32 Å². The predicted octanol–water partition coefficient (Wildman–Crippen LogP) is 2.26. The van der Waals surface area contributed by atoms with E-state index in [9.17, 15) is 5.26 Å². The Balaban J connectivity index is 2.49. The highest BCUT2D eigenvalue weighted by Gasteiger charge is 2.36. The maximum Gasteiger partial charge on any atom is 0.132 e.